The number of hydrogen-bond acceptors (Lipinski definition) is 2. The molecule has 3 nitrogen and oxygen atoms in total. The molecular weight excluding hydrogens is 337 g/mol. The first-order valence-corrected chi connectivity index (χ1v) is 7.25. The van der Waals surface area contributed by atoms with Crippen LogP contribution in [0.1, 0.15) is 10.4 Å². The fourth-order valence-electron chi connectivity index (χ4n) is 1.77. The van der Waals surface area contributed by atoms with E-state index in [-0.39, 0.29) is 11.7 Å². The van der Waals surface area contributed by atoms with Crippen molar-refractivity contribution in [1.82, 2.24) is 4.90 Å². The largest absolute Gasteiger partial charge is 0.492 e. The van der Waals surface area contributed by atoms with E-state index in [9.17, 15) is 9.18 Å². The van der Waals surface area contributed by atoms with E-state index in [1.807, 2.05) is 12.1 Å². The molecule has 0 aromatic heterocycles. The molecule has 0 aliphatic carbocycles. The van der Waals surface area contributed by atoms with E-state index in [1.165, 1.54) is 12.1 Å². The van der Waals surface area contributed by atoms with E-state index >= 15 is 0 Å². The van der Waals surface area contributed by atoms with E-state index in [0.29, 0.717) is 24.5 Å². The van der Waals surface area contributed by atoms with Crippen molar-refractivity contribution in [2.24, 2.45) is 0 Å². The molecule has 0 heterocycles. The molecule has 0 aliphatic heterocycles. The lowest BCUT2D eigenvalue weighted by atomic mass is 10.2. The monoisotopic (exact) mass is 351 g/mol. The van der Waals surface area contributed by atoms with Gasteiger partial charge >= 0.3 is 0 Å². The third-order valence-electron chi connectivity index (χ3n) is 2.93. The van der Waals surface area contributed by atoms with Gasteiger partial charge in [0.1, 0.15) is 18.2 Å². The summed E-state index contributed by atoms with van der Waals surface area (Å²) in [6, 6.07) is 13.0. The predicted octanol–water partition coefficient (Wildman–Crippen LogP) is 3.74. The lowest BCUT2D eigenvalue weighted by Gasteiger charge is -2.17. The molecular formula is C16H15BrFNO2. The highest BCUT2D eigenvalue weighted by molar-refractivity contribution is 9.10. The van der Waals surface area contributed by atoms with Gasteiger partial charge in [-0.1, -0.05) is 22.0 Å². The fourth-order valence-corrected chi connectivity index (χ4v) is 2.17. The molecule has 21 heavy (non-hydrogen) atoms. The van der Waals surface area contributed by atoms with Gasteiger partial charge in [0.2, 0.25) is 0 Å². The summed E-state index contributed by atoms with van der Waals surface area (Å²) in [5, 5.41) is 0. The Bertz CT molecular complexity index is 616. The van der Waals surface area contributed by atoms with E-state index < -0.39 is 0 Å². The molecule has 0 saturated heterocycles. The van der Waals surface area contributed by atoms with Gasteiger partial charge in [-0.2, -0.15) is 0 Å². The van der Waals surface area contributed by atoms with Crippen LogP contribution in [0.25, 0.3) is 0 Å². The summed E-state index contributed by atoms with van der Waals surface area (Å²) in [4.78, 5) is 13.8. The second-order valence-corrected chi connectivity index (χ2v) is 5.46. The molecule has 0 atom stereocenters. The zero-order valence-corrected chi connectivity index (χ0v) is 13.1. The van der Waals surface area contributed by atoms with Crippen LogP contribution in [0.3, 0.4) is 0 Å². The van der Waals surface area contributed by atoms with Crippen molar-refractivity contribution in [3.63, 3.8) is 0 Å². The molecule has 0 radical (unpaired) electrons. The first-order valence-electron chi connectivity index (χ1n) is 6.45. The zero-order chi connectivity index (χ0) is 15.2. The lowest BCUT2D eigenvalue weighted by Crippen LogP contribution is -2.30. The van der Waals surface area contributed by atoms with Crippen molar-refractivity contribution in [1.29, 1.82) is 0 Å². The van der Waals surface area contributed by atoms with Crippen LogP contribution in [0, 0.1) is 5.82 Å². The maximum absolute atomic E-state index is 12.8. The number of ether oxygens (including phenoxy) is 1. The van der Waals surface area contributed by atoms with Crippen LogP contribution < -0.4 is 4.74 Å². The minimum atomic E-state index is -0.302. The van der Waals surface area contributed by atoms with Gasteiger partial charge in [0.25, 0.3) is 5.91 Å². The Labute approximate surface area is 131 Å². The number of hydrogen-bond donors (Lipinski definition) is 0. The number of benzene rings is 2. The van der Waals surface area contributed by atoms with E-state index in [1.54, 1.807) is 36.2 Å². The summed E-state index contributed by atoms with van der Waals surface area (Å²) in [5.41, 5.74) is 0.619. The van der Waals surface area contributed by atoms with Gasteiger partial charge in [0.15, 0.2) is 0 Å². The number of carbonyl (C=O) groups excluding carboxylic acids is 1. The Morgan fingerprint density at radius 3 is 2.62 bits per heavy atom. The minimum absolute atomic E-state index is 0.0704. The van der Waals surface area contributed by atoms with Gasteiger partial charge in [-0.05, 0) is 42.5 Å². The Morgan fingerprint density at radius 2 is 1.95 bits per heavy atom. The summed E-state index contributed by atoms with van der Waals surface area (Å²) in [6.45, 7) is 0.796. The molecule has 1 amide bonds. The van der Waals surface area contributed by atoms with Crippen molar-refractivity contribution in [3.8, 4) is 5.75 Å². The maximum Gasteiger partial charge on any atom is 0.253 e. The smallest absolute Gasteiger partial charge is 0.253 e. The zero-order valence-electron chi connectivity index (χ0n) is 11.6. The molecule has 0 fully saturated rings. The van der Waals surface area contributed by atoms with Crippen molar-refractivity contribution in [2.45, 2.75) is 0 Å². The van der Waals surface area contributed by atoms with Gasteiger partial charge in [-0.3, -0.25) is 4.79 Å². The van der Waals surface area contributed by atoms with Gasteiger partial charge in [0, 0.05) is 17.1 Å². The van der Waals surface area contributed by atoms with Crippen molar-refractivity contribution >= 4 is 21.8 Å². The third-order valence-corrected chi connectivity index (χ3v) is 3.42. The summed E-state index contributed by atoms with van der Waals surface area (Å²) < 4.78 is 19.1. The molecule has 2 rings (SSSR count). The first-order chi connectivity index (χ1) is 10.1. The molecule has 5 heteroatoms. The number of likely N-dealkylation sites (N-methyl/N-ethyl adjacent to an activating group) is 1. The van der Waals surface area contributed by atoms with Gasteiger partial charge in [-0.25, -0.2) is 4.39 Å². The van der Waals surface area contributed by atoms with Gasteiger partial charge < -0.3 is 9.64 Å². The molecule has 2 aromatic rings. The molecule has 0 N–H and O–H groups in total. The molecule has 0 spiro atoms. The van der Waals surface area contributed by atoms with Crippen LogP contribution in [0.4, 0.5) is 4.39 Å². The second kappa shape index (κ2) is 7.22. The highest BCUT2D eigenvalue weighted by Gasteiger charge is 2.11. The van der Waals surface area contributed by atoms with E-state index in [0.717, 1.165) is 4.47 Å². The average Bonchev–Trinajstić information content (AvgIpc) is 2.48. The predicted molar refractivity (Wildman–Crippen MR) is 83.0 cm³/mol. The highest BCUT2D eigenvalue weighted by atomic mass is 79.9. The average molecular weight is 352 g/mol. The van der Waals surface area contributed by atoms with Gasteiger partial charge in [-0.15, -0.1) is 0 Å². The second-order valence-electron chi connectivity index (χ2n) is 4.54. The first kappa shape index (κ1) is 15.5. The topological polar surface area (TPSA) is 29.5 Å². The van der Waals surface area contributed by atoms with Crippen LogP contribution >= 0.6 is 15.9 Å². The third kappa shape index (κ3) is 4.56. The number of nitrogens with zero attached hydrogens (tertiary/aromatic N) is 1. The summed E-state index contributed by atoms with van der Waals surface area (Å²) in [7, 11) is 1.72. The van der Waals surface area contributed by atoms with Crippen LogP contribution in [0.5, 0.6) is 5.75 Å². The Kier molecular flexibility index (Phi) is 5.33. The quantitative estimate of drug-likeness (QED) is 0.821. The van der Waals surface area contributed by atoms with Gasteiger partial charge in [0.05, 0.1) is 6.54 Å². The van der Waals surface area contributed by atoms with Crippen LogP contribution in [0.2, 0.25) is 0 Å². The Morgan fingerprint density at radius 1 is 1.24 bits per heavy atom. The van der Waals surface area contributed by atoms with Crippen molar-refractivity contribution in [2.75, 3.05) is 20.2 Å². The lowest BCUT2D eigenvalue weighted by molar-refractivity contribution is 0.0773. The number of carbonyl (C=O) groups is 1. The van der Waals surface area contributed by atoms with E-state index in [2.05, 4.69) is 15.9 Å². The number of rotatable bonds is 5. The maximum atomic E-state index is 12.8. The Hall–Kier alpha value is -1.88. The van der Waals surface area contributed by atoms with Crippen molar-refractivity contribution < 1.29 is 13.9 Å². The highest BCUT2D eigenvalue weighted by Crippen LogP contribution is 2.14. The minimum Gasteiger partial charge on any atom is -0.492 e. The van der Waals surface area contributed by atoms with Crippen LogP contribution in [0.15, 0.2) is 53.0 Å². The summed E-state index contributed by atoms with van der Waals surface area (Å²) >= 11 is 3.34. The Balaban J connectivity index is 1.85. The standard InChI is InChI=1S/C16H15BrFNO2/c1-19(16(20)12-3-2-4-13(17)11-12)9-10-21-15-7-5-14(18)6-8-15/h2-8,11H,9-10H2,1H3. The number of amides is 1. The summed E-state index contributed by atoms with van der Waals surface area (Å²) in [5.74, 6) is 0.211. The normalized spacial score (nSPS) is 10.2. The fraction of sp³-hybridized carbons (Fsp3) is 0.188. The van der Waals surface area contributed by atoms with Crippen molar-refractivity contribution in [3.05, 3.63) is 64.4 Å². The SMILES string of the molecule is CN(CCOc1ccc(F)cc1)C(=O)c1cccc(Br)c1. The molecule has 0 aliphatic rings. The van der Waals surface area contributed by atoms with Crippen LogP contribution in [-0.2, 0) is 0 Å². The molecule has 0 bridgehead atoms. The summed E-state index contributed by atoms with van der Waals surface area (Å²) in [6.07, 6.45) is 0. The number of halogens is 2. The van der Waals surface area contributed by atoms with E-state index in [4.69, 9.17) is 4.74 Å². The molecule has 0 saturated carbocycles. The molecule has 110 valence electrons. The molecule has 0 unspecified atom stereocenters. The van der Waals surface area contributed by atoms with Crippen LogP contribution in [-0.4, -0.2) is 31.0 Å². The molecule has 2 aromatic carbocycles.